The molecule has 0 spiro atoms. The van der Waals surface area contributed by atoms with Crippen molar-refractivity contribution >= 4 is 33.2 Å². The van der Waals surface area contributed by atoms with Gasteiger partial charge in [0.05, 0.1) is 10.6 Å². The van der Waals surface area contributed by atoms with Crippen LogP contribution in [0.2, 0.25) is 0 Å². The van der Waals surface area contributed by atoms with Crippen molar-refractivity contribution in [2.45, 2.75) is 50.2 Å². The summed E-state index contributed by atoms with van der Waals surface area (Å²) in [6.07, 6.45) is 1.17. The Bertz CT molecular complexity index is 1230. The van der Waals surface area contributed by atoms with Gasteiger partial charge in [-0.25, -0.2) is 8.42 Å². The van der Waals surface area contributed by atoms with Gasteiger partial charge in [0, 0.05) is 24.8 Å². The van der Waals surface area contributed by atoms with Crippen molar-refractivity contribution in [3.63, 3.8) is 0 Å². The standard InChI is InChI=1S/C23H25N3O5S/c1-14-12-17-20(31-15(2)22(27)24-17)13-21(14)32(29,30)26-10-5-8-19(26)23(28)25-11-9-16-6-3-4-7-18(16)25/h3-4,6-7,12-13,15,19H,5,8-11H2,1-2H3,(H,24,27)/t15-,19-/m0/s1. The molecule has 1 fully saturated rings. The van der Waals surface area contributed by atoms with E-state index in [-0.39, 0.29) is 16.7 Å². The van der Waals surface area contributed by atoms with Crippen LogP contribution in [0.1, 0.15) is 30.9 Å². The monoisotopic (exact) mass is 455 g/mol. The van der Waals surface area contributed by atoms with E-state index in [1.807, 2.05) is 24.3 Å². The summed E-state index contributed by atoms with van der Waals surface area (Å²) in [5.74, 6) is -0.135. The second kappa shape index (κ2) is 7.60. The SMILES string of the molecule is Cc1cc2c(cc1S(=O)(=O)N1CCC[C@H]1C(=O)N1CCc3ccccc31)O[C@@H](C)C(=O)N2. The first-order valence-electron chi connectivity index (χ1n) is 10.8. The summed E-state index contributed by atoms with van der Waals surface area (Å²) in [6.45, 7) is 4.14. The van der Waals surface area contributed by atoms with E-state index in [1.165, 1.54) is 10.4 Å². The molecule has 0 aromatic heterocycles. The number of aryl methyl sites for hydroxylation is 1. The van der Waals surface area contributed by atoms with Gasteiger partial charge in [-0.2, -0.15) is 4.31 Å². The second-order valence-corrected chi connectivity index (χ2v) is 10.4. The third kappa shape index (κ3) is 3.27. The summed E-state index contributed by atoms with van der Waals surface area (Å²) >= 11 is 0. The van der Waals surface area contributed by atoms with Gasteiger partial charge in [0.2, 0.25) is 15.9 Å². The van der Waals surface area contributed by atoms with Crippen LogP contribution in [0, 0.1) is 6.92 Å². The predicted molar refractivity (Wildman–Crippen MR) is 119 cm³/mol. The number of nitrogens with zero attached hydrogens (tertiary/aromatic N) is 2. The van der Waals surface area contributed by atoms with Gasteiger partial charge in [-0.15, -0.1) is 0 Å². The molecule has 2 aromatic carbocycles. The summed E-state index contributed by atoms with van der Waals surface area (Å²) in [5, 5.41) is 2.74. The van der Waals surface area contributed by atoms with E-state index >= 15 is 0 Å². The molecule has 0 unspecified atom stereocenters. The Balaban J connectivity index is 1.47. The lowest BCUT2D eigenvalue weighted by molar-refractivity contribution is -0.123. The average Bonchev–Trinajstić information content (AvgIpc) is 3.42. The van der Waals surface area contributed by atoms with E-state index in [0.717, 1.165) is 17.7 Å². The maximum atomic E-state index is 13.7. The molecule has 2 atom stereocenters. The lowest BCUT2D eigenvalue weighted by Crippen LogP contribution is -2.47. The fourth-order valence-electron chi connectivity index (χ4n) is 4.77. The lowest BCUT2D eigenvalue weighted by Gasteiger charge is -2.29. The zero-order valence-corrected chi connectivity index (χ0v) is 18.8. The van der Waals surface area contributed by atoms with Crippen LogP contribution in [0.25, 0.3) is 0 Å². The number of carbonyl (C=O) groups excluding carboxylic acids is 2. The highest BCUT2D eigenvalue weighted by Crippen LogP contribution is 2.38. The summed E-state index contributed by atoms with van der Waals surface area (Å²) in [6, 6.07) is 10.1. The fraction of sp³-hybridized carbons (Fsp3) is 0.391. The molecule has 32 heavy (non-hydrogen) atoms. The van der Waals surface area contributed by atoms with Gasteiger partial charge < -0.3 is 15.0 Å². The highest BCUT2D eigenvalue weighted by Gasteiger charge is 2.43. The summed E-state index contributed by atoms with van der Waals surface area (Å²) in [5.41, 5.74) is 2.91. The molecule has 8 nitrogen and oxygen atoms in total. The Morgan fingerprint density at radius 2 is 1.97 bits per heavy atom. The maximum absolute atomic E-state index is 13.7. The molecule has 0 saturated carbocycles. The number of ether oxygens (including phenoxy) is 1. The van der Waals surface area contributed by atoms with Gasteiger partial charge in [-0.1, -0.05) is 18.2 Å². The normalized spacial score (nSPS) is 22.8. The molecular weight excluding hydrogens is 430 g/mol. The molecule has 9 heteroatoms. The Hall–Kier alpha value is -2.91. The van der Waals surface area contributed by atoms with E-state index in [9.17, 15) is 18.0 Å². The van der Waals surface area contributed by atoms with Gasteiger partial charge in [0.25, 0.3) is 5.91 Å². The molecule has 0 radical (unpaired) electrons. The summed E-state index contributed by atoms with van der Waals surface area (Å²) in [4.78, 5) is 27.1. The van der Waals surface area contributed by atoms with Crippen molar-refractivity contribution in [1.82, 2.24) is 4.31 Å². The number of para-hydroxylation sites is 1. The lowest BCUT2D eigenvalue weighted by atomic mass is 10.1. The Labute approximate surface area is 187 Å². The van der Waals surface area contributed by atoms with Gasteiger partial charge in [0.15, 0.2) is 6.10 Å². The third-order valence-electron chi connectivity index (χ3n) is 6.44. The molecule has 1 N–H and O–H groups in total. The number of hydrogen-bond acceptors (Lipinski definition) is 5. The van der Waals surface area contributed by atoms with Crippen molar-refractivity contribution in [1.29, 1.82) is 0 Å². The molecule has 168 valence electrons. The van der Waals surface area contributed by atoms with E-state index in [4.69, 9.17) is 4.74 Å². The van der Waals surface area contributed by atoms with Crippen LogP contribution >= 0.6 is 0 Å². The zero-order chi connectivity index (χ0) is 22.6. The summed E-state index contributed by atoms with van der Waals surface area (Å²) < 4.78 is 34.3. The van der Waals surface area contributed by atoms with Crippen LogP contribution in [0.5, 0.6) is 5.75 Å². The largest absolute Gasteiger partial charge is 0.479 e. The number of carbonyl (C=O) groups is 2. The van der Waals surface area contributed by atoms with E-state index < -0.39 is 22.2 Å². The molecule has 3 aliphatic heterocycles. The fourth-order valence-corrected chi connectivity index (χ4v) is 6.64. The molecular formula is C23H25N3O5S. The highest BCUT2D eigenvalue weighted by atomic mass is 32.2. The van der Waals surface area contributed by atoms with Crippen LogP contribution in [-0.2, 0) is 26.0 Å². The third-order valence-corrected chi connectivity index (χ3v) is 8.49. The number of benzene rings is 2. The molecule has 2 amide bonds. The minimum atomic E-state index is -3.94. The van der Waals surface area contributed by atoms with Crippen LogP contribution in [0.4, 0.5) is 11.4 Å². The molecule has 1 saturated heterocycles. The van der Waals surface area contributed by atoms with E-state index in [1.54, 1.807) is 24.8 Å². The van der Waals surface area contributed by atoms with E-state index in [2.05, 4.69) is 5.32 Å². The number of sulfonamides is 1. The average molecular weight is 456 g/mol. The Kier molecular flexibility index (Phi) is 4.98. The number of hydrogen-bond donors (Lipinski definition) is 1. The molecule has 0 aliphatic carbocycles. The number of nitrogens with one attached hydrogen (secondary N) is 1. The molecule has 5 rings (SSSR count). The second-order valence-electron chi connectivity index (χ2n) is 8.51. The van der Waals surface area contributed by atoms with Crippen molar-refractivity contribution in [2.24, 2.45) is 0 Å². The summed E-state index contributed by atoms with van der Waals surface area (Å²) in [7, 11) is -3.94. The van der Waals surface area contributed by atoms with Crippen molar-refractivity contribution in [3.8, 4) is 5.75 Å². The minimum absolute atomic E-state index is 0.0983. The molecule has 0 bridgehead atoms. The number of rotatable bonds is 3. The first-order chi connectivity index (χ1) is 15.3. The first kappa shape index (κ1) is 21.0. The number of anilines is 2. The van der Waals surface area contributed by atoms with Gasteiger partial charge in [-0.05, 0) is 56.4 Å². The first-order valence-corrected chi connectivity index (χ1v) is 12.2. The zero-order valence-electron chi connectivity index (χ0n) is 18.0. The van der Waals surface area contributed by atoms with Gasteiger partial charge in [0.1, 0.15) is 11.8 Å². The number of fused-ring (bicyclic) bond motifs is 2. The quantitative estimate of drug-likeness (QED) is 0.767. The van der Waals surface area contributed by atoms with Crippen LogP contribution in [0.3, 0.4) is 0 Å². The molecule has 3 aliphatic rings. The molecule has 2 aromatic rings. The minimum Gasteiger partial charge on any atom is -0.479 e. The van der Waals surface area contributed by atoms with Crippen molar-refractivity contribution in [3.05, 3.63) is 47.5 Å². The highest BCUT2D eigenvalue weighted by molar-refractivity contribution is 7.89. The van der Waals surface area contributed by atoms with Crippen LogP contribution < -0.4 is 15.0 Å². The smallest absolute Gasteiger partial charge is 0.265 e. The van der Waals surface area contributed by atoms with Gasteiger partial charge >= 0.3 is 0 Å². The Morgan fingerprint density at radius 3 is 2.78 bits per heavy atom. The topological polar surface area (TPSA) is 96.0 Å². The van der Waals surface area contributed by atoms with Crippen LogP contribution in [-0.4, -0.2) is 49.8 Å². The maximum Gasteiger partial charge on any atom is 0.265 e. The van der Waals surface area contributed by atoms with E-state index in [0.29, 0.717) is 42.9 Å². The molecule has 3 heterocycles. The van der Waals surface area contributed by atoms with Crippen molar-refractivity contribution < 1.29 is 22.7 Å². The van der Waals surface area contributed by atoms with Crippen LogP contribution in [0.15, 0.2) is 41.3 Å². The Morgan fingerprint density at radius 1 is 1.19 bits per heavy atom. The van der Waals surface area contributed by atoms with Crippen molar-refractivity contribution in [2.75, 3.05) is 23.3 Å². The van der Waals surface area contributed by atoms with Gasteiger partial charge in [-0.3, -0.25) is 9.59 Å². The number of amides is 2. The predicted octanol–water partition coefficient (Wildman–Crippen LogP) is 2.46.